The summed E-state index contributed by atoms with van der Waals surface area (Å²) in [5, 5.41) is 19.3. The van der Waals surface area contributed by atoms with E-state index >= 15 is 0 Å². The van der Waals surface area contributed by atoms with E-state index in [1.54, 1.807) is 24.3 Å². The van der Waals surface area contributed by atoms with Crippen LogP contribution in [-0.2, 0) is 16.0 Å². The van der Waals surface area contributed by atoms with Gasteiger partial charge in [0.2, 0.25) is 11.4 Å². The molecule has 2 N–H and O–H groups in total. The van der Waals surface area contributed by atoms with Crippen LogP contribution in [0.15, 0.2) is 88.3 Å². The second-order valence-electron chi connectivity index (χ2n) is 7.77. The van der Waals surface area contributed by atoms with Crippen molar-refractivity contribution in [1.82, 2.24) is 0 Å². The highest BCUT2D eigenvalue weighted by atomic mass is 79.9. The Morgan fingerprint density at radius 2 is 1.73 bits per heavy atom. The lowest BCUT2D eigenvalue weighted by molar-refractivity contribution is -0.146. The van der Waals surface area contributed by atoms with Crippen LogP contribution in [-0.4, -0.2) is 40.8 Å². The highest BCUT2D eigenvalue weighted by Crippen LogP contribution is 2.43. The van der Waals surface area contributed by atoms with Gasteiger partial charge in [0.1, 0.15) is 5.75 Å². The Morgan fingerprint density at radius 3 is 2.39 bits per heavy atom. The van der Waals surface area contributed by atoms with Gasteiger partial charge in [0.05, 0.1) is 6.61 Å². The zero-order chi connectivity index (χ0) is 23.3. The quantitative estimate of drug-likeness (QED) is 0.404. The number of hydrogen-bond donors (Lipinski definition) is 2. The van der Waals surface area contributed by atoms with E-state index in [0.717, 1.165) is 15.6 Å². The third kappa shape index (κ3) is 4.94. The van der Waals surface area contributed by atoms with Gasteiger partial charge in [-0.25, -0.2) is 9.79 Å². The Labute approximate surface area is 200 Å². The standard InChI is InChI=1S/C26H24BrNO5/c27-22-10-5-4-9-20(22)17-26(25(30)31)23(18-7-2-1-3-8-18)33-24(28-26)19-11-13-21(14-12-19)32-16-6-15-29/h1-5,7-14,23,29H,6,15-17H2,(H,30,31)/t23-,26-/m1/s1. The molecule has 0 unspecified atom stereocenters. The molecule has 0 aliphatic carbocycles. The average molecular weight is 510 g/mol. The van der Waals surface area contributed by atoms with Crippen molar-refractivity contribution in [2.24, 2.45) is 4.99 Å². The Kier molecular flexibility index (Phi) is 7.11. The molecule has 6 nitrogen and oxygen atoms in total. The van der Waals surface area contributed by atoms with Crippen LogP contribution in [0.2, 0.25) is 0 Å². The van der Waals surface area contributed by atoms with Crippen molar-refractivity contribution in [1.29, 1.82) is 0 Å². The van der Waals surface area contributed by atoms with Crippen LogP contribution < -0.4 is 4.74 Å². The van der Waals surface area contributed by atoms with Gasteiger partial charge in [-0.3, -0.25) is 0 Å². The Balaban J connectivity index is 1.72. The number of rotatable bonds is 9. The largest absolute Gasteiger partial charge is 0.494 e. The van der Waals surface area contributed by atoms with Crippen molar-refractivity contribution < 1.29 is 24.5 Å². The topological polar surface area (TPSA) is 88.4 Å². The van der Waals surface area contributed by atoms with Crippen molar-refractivity contribution >= 4 is 27.8 Å². The van der Waals surface area contributed by atoms with E-state index in [9.17, 15) is 9.90 Å². The van der Waals surface area contributed by atoms with Crippen LogP contribution in [0.1, 0.15) is 29.2 Å². The van der Waals surface area contributed by atoms with Crippen molar-refractivity contribution in [2.45, 2.75) is 24.5 Å². The van der Waals surface area contributed by atoms with E-state index in [-0.39, 0.29) is 18.9 Å². The first-order chi connectivity index (χ1) is 16.0. The average Bonchev–Trinajstić information content (AvgIpc) is 3.23. The molecular weight excluding hydrogens is 486 g/mol. The highest BCUT2D eigenvalue weighted by Gasteiger charge is 2.53. The fourth-order valence-electron chi connectivity index (χ4n) is 3.83. The first-order valence-electron chi connectivity index (χ1n) is 10.7. The maximum atomic E-state index is 12.8. The van der Waals surface area contributed by atoms with Gasteiger partial charge in [-0.15, -0.1) is 0 Å². The minimum atomic E-state index is -1.53. The van der Waals surface area contributed by atoms with E-state index in [1.807, 2.05) is 54.6 Å². The fraction of sp³-hybridized carbons (Fsp3) is 0.231. The second-order valence-corrected chi connectivity index (χ2v) is 8.63. The summed E-state index contributed by atoms with van der Waals surface area (Å²) in [4.78, 5) is 17.4. The molecule has 0 radical (unpaired) electrons. The van der Waals surface area contributed by atoms with Gasteiger partial charge >= 0.3 is 5.97 Å². The van der Waals surface area contributed by atoms with E-state index < -0.39 is 17.6 Å². The zero-order valence-electron chi connectivity index (χ0n) is 17.9. The molecule has 0 bridgehead atoms. The van der Waals surface area contributed by atoms with Crippen LogP contribution in [0.25, 0.3) is 0 Å². The second kappa shape index (κ2) is 10.2. The van der Waals surface area contributed by atoms with E-state index in [1.165, 1.54) is 0 Å². The van der Waals surface area contributed by atoms with E-state index in [0.29, 0.717) is 24.3 Å². The lowest BCUT2D eigenvalue weighted by atomic mass is 9.83. The number of aliphatic hydroxyl groups is 1. The zero-order valence-corrected chi connectivity index (χ0v) is 19.4. The molecule has 1 aliphatic heterocycles. The SMILES string of the molecule is O=C(O)[C@]1(Cc2ccccc2Br)N=C(c2ccc(OCCCO)cc2)O[C@@H]1c1ccccc1. The molecule has 0 spiro atoms. The summed E-state index contributed by atoms with van der Waals surface area (Å²) in [6.45, 7) is 0.482. The number of ether oxygens (including phenoxy) is 2. The van der Waals surface area contributed by atoms with Crippen LogP contribution in [0, 0.1) is 0 Å². The molecule has 0 aromatic heterocycles. The van der Waals surface area contributed by atoms with E-state index in [2.05, 4.69) is 20.9 Å². The number of benzene rings is 3. The molecule has 0 amide bonds. The number of aliphatic hydroxyl groups excluding tert-OH is 1. The number of carboxylic acid groups (broad SMARTS) is 1. The maximum Gasteiger partial charge on any atom is 0.336 e. The third-order valence-corrected chi connectivity index (χ3v) is 6.30. The summed E-state index contributed by atoms with van der Waals surface area (Å²) in [7, 11) is 0. The molecule has 0 saturated carbocycles. The number of carbonyl (C=O) groups is 1. The molecule has 170 valence electrons. The molecule has 33 heavy (non-hydrogen) atoms. The lowest BCUT2D eigenvalue weighted by Gasteiger charge is -2.28. The number of hydrogen-bond acceptors (Lipinski definition) is 5. The van der Waals surface area contributed by atoms with Crippen LogP contribution in [0.4, 0.5) is 0 Å². The maximum absolute atomic E-state index is 12.8. The first kappa shape index (κ1) is 23.0. The monoisotopic (exact) mass is 509 g/mol. The Bertz CT molecular complexity index is 1130. The summed E-state index contributed by atoms with van der Waals surface area (Å²) < 4.78 is 12.7. The third-order valence-electron chi connectivity index (χ3n) is 5.53. The molecule has 1 heterocycles. The van der Waals surface area contributed by atoms with Gasteiger partial charge in [-0.2, -0.15) is 0 Å². The van der Waals surface area contributed by atoms with Gasteiger partial charge < -0.3 is 19.7 Å². The van der Waals surface area contributed by atoms with Gasteiger partial charge in [0.15, 0.2) is 6.10 Å². The molecule has 3 aromatic rings. The van der Waals surface area contributed by atoms with Crippen LogP contribution in [0.5, 0.6) is 5.75 Å². The highest BCUT2D eigenvalue weighted by molar-refractivity contribution is 9.10. The molecular formula is C26H24BrNO5. The number of nitrogens with zero attached hydrogens (tertiary/aromatic N) is 1. The summed E-state index contributed by atoms with van der Waals surface area (Å²) in [6.07, 6.45) is -0.0828. The van der Waals surface area contributed by atoms with Gasteiger partial charge in [-0.1, -0.05) is 64.5 Å². The number of aliphatic imine (C=N–C) groups is 1. The van der Waals surface area contributed by atoms with E-state index in [4.69, 9.17) is 14.6 Å². The molecule has 2 atom stereocenters. The first-order valence-corrected chi connectivity index (χ1v) is 11.4. The fourth-order valence-corrected chi connectivity index (χ4v) is 4.25. The number of carboxylic acids is 1. The molecule has 1 aliphatic rings. The van der Waals surface area contributed by atoms with Gasteiger partial charge in [0, 0.05) is 29.5 Å². The predicted molar refractivity (Wildman–Crippen MR) is 129 cm³/mol. The van der Waals surface area contributed by atoms with Crippen molar-refractivity contribution in [2.75, 3.05) is 13.2 Å². The van der Waals surface area contributed by atoms with Crippen LogP contribution in [0.3, 0.4) is 0 Å². The number of aliphatic carboxylic acids is 1. The van der Waals surface area contributed by atoms with Gasteiger partial charge in [0.25, 0.3) is 0 Å². The molecule has 0 fully saturated rings. The summed E-state index contributed by atoms with van der Waals surface area (Å²) in [5.74, 6) is -0.116. The molecule has 4 rings (SSSR count). The number of halogens is 1. The summed E-state index contributed by atoms with van der Waals surface area (Å²) >= 11 is 3.54. The predicted octanol–water partition coefficient (Wildman–Crippen LogP) is 4.79. The molecule has 7 heteroatoms. The normalized spacial score (nSPS) is 19.6. The Hall–Kier alpha value is -3.16. The minimum absolute atomic E-state index is 0.0679. The summed E-state index contributed by atoms with van der Waals surface area (Å²) in [6, 6.07) is 24.0. The van der Waals surface area contributed by atoms with Crippen molar-refractivity contribution in [3.05, 3.63) is 100 Å². The van der Waals surface area contributed by atoms with Crippen molar-refractivity contribution in [3.63, 3.8) is 0 Å². The smallest absolute Gasteiger partial charge is 0.336 e. The van der Waals surface area contributed by atoms with Crippen molar-refractivity contribution in [3.8, 4) is 5.75 Å². The molecule has 0 saturated heterocycles. The minimum Gasteiger partial charge on any atom is -0.494 e. The lowest BCUT2D eigenvalue weighted by Crippen LogP contribution is -2.43. The summed E-state index contributed by atoms with van der Waals surface area (Å²) in [5.41, 5.74) is 0.717. The van der Waals surface area contributed by atoms with Gasteiger partial charge in [-0.05, 0) is 41.5 Å². The van der Waals surface area contributed by atoms with Crippen LogP contribution >= 0.6 is 15.9 Å². The molecule has 3 aromatic carbocycles. The Morgan fingerprint density at radius 1 is 1.03 bits per heavy atom.